The maximum absolute atomic E-state index is 11.4. The molecule has 68 valence electrons. The highest BCUT2D eigenvalue weighted by Gasteiger charge is 2.20. The van der Waals surface area contributed by atoms with Crippen molar-refractivity contribution in [1.29, 1.82) is 0 Å². The van der Waals surface area contributed by atoms with E-state index < -0.39 is 0 Å². The number of rotatable bonds is 0. The van der Waals surface area contributed by atoms with Gasteiger partial charge in [-0.2, -0.15) is 0 Å². The molecule has 0 saturated heterocycles. The van der Waals surface area contributed by atoms with Gasteiger partial charge in [0.05, 0.1) is 15.6 Å². The zero-order valence-electron chi connectivity index (χ0n) is 6.73. The highest BCUT2D eigenvalue weighted by Crippen LogP contribution is 2.29. The van der Waals surface area contributed by atoms with Crippen LogP contribution < -0.4 is 5.32 Å². The Morgan fingerprint density at radius 2 is 2.08 bits per heavy atom. The van der Waals surface area contributed by atoms with Gasteiger partial charge >= 0.3 is 0 Å². The van der Waals surface area contributed by atoms with E-state index in [1.807, 2.05) is 6.07 Å². The van der Waals surface area contributed by atoms with Gasteiger partial charge in [0.25, 0.3) is 5.91 Å². The predicted molar refractivity (Wildman–Crippen MR) is 52.5 cm³/mol. The molecule has 2 nitrogen and oxygen atoms in total. The SMILES string of the molecule is O=C1NCCc2ccc(Cl)c(Cl)c21. The van der Waals surface area contributed by atoms with Crippen molar-refractivity contribution in [3.05, 3.63) is 33.3 Å². The minimum absolute atomic E-state index is 0.131. The Kier molecular flexibility index (Phi) is 2.18. The van der Waals surface area contributed by atoms with Crippen LogP contribution in [0.2, 0.25) is 10.0 Å². The first-order chi connectivity index (χ1) is 6.20. The number of carbonyl (C=O) groups excluding carboxylic acids is 1. The summed E-state index contributed by atoms with van der Waals surface area (Å²) in [5.74, 6) is -0.131. The Labute approximate surface area is 85.8 Å². The molecule has 1 aliphatic heterocycles. The second-order valence-electron chi connectivity index (χ2n) is 2.90. The third-order valence-electron chi connectivity index (χ3n) is 2.09. The fourth-order valence-corrected chi connectivity index (χ4v) is 1.87. The topological polar surface area (TPSA) is 29.1 Å². The van der Waals surface area contributed by atoms with E-state index >= 15 is 0 Å². The minimum Gasteiger partial charge on any atom is -0.352 e. The van der Waals surface area contributed by atoms with E-state index in [4.69, 9.17) is 23.2 Å². The zero-order valence-corrected chi connectivity index (χ0v) is 8.24. The van der Waals surface area contributed by atoms with Crippen LogP contribution >= 0.6 is 23.2 Å². The molecule has 1 heterocycles. The molecule has 0 fully saturated rings. The first-order valence-electron chi connectivity index (χ1n) is 3.95. The molecule has 0 spiro atoms. The molecule has 13 heavy (non-hydrogen) atoms. The van der Waals surface area contributed by atoms with Crippen molar-refractivity contribution in [3.63, 3.8) is 0 Å². The summed E-state index contributed by atoms with van der Waals surface area (Å²) >= 11 is 11.7. The lowest BCUT2D eigenvalue weighted by Gasteiger charge is -2.17. The van der Waals surface area contributed by atoms with Gasteiger partial charge in [0.15, 0.2) is 0 Å². The fraction of sp³-hybridized carbons (Fsp3) is 0.222. The van der Waals surface area contributed by atoms with Gasteiger partial charge in [0, 0.05) is 6.54 Å². The summed E-state index contributed by atoms with van der Waals surface area (Å²) in [5.41, 5.74) is 1.50. The summed E-state index contributed by atoms with van der Waals surface area (Å²) in [6, 6.07) is 3.57. The lowest BCUT2D eigenvalue weighted by Crippen LogP contribution is -2.32. The lowest BCUT2D eigenvalue weighted by atomic mass is 10.0. The minimum atomic E-state index is -0.131. The van der Waals surface area contributed by atoms with Crippen molar-refractivity contribution in [2.45, 2.75) is 6.42 Å². The molecule has 1 aromatic rings. The first-order valence-corrected chi connectivity index (χ1v) is 4.71. The highest BCUT2D eigenvalue weighted by molar-refractivity contribution is 6.44. The van der Waals surface area contributed by atoms with Crippen LogP contribution in [0.3, 0.4) is 0 Å². The van der Waals surface area contributed by atoms with E-state index in [1.165, 1.54) is 0 Å². The van der Waals surface area contributed by atoms with E-state index in [0.29, 0.717) is 22.2 Å². The Morgan fingerprint density at radius 3 is 2.85 bits per heavy atom. The van der Waals surface area contributed by atoms with Crippen LogP contribution in [0, 0.1) is 0 Å². The molecule has 0 bridgehead atoms. The molecule has 0 atom stereocenters. The third-order valence-corrected chi connectivity index (χ3v) is 2.89. The molecule has 1 amide bonds. The molecule has 1 aromatic carbocycles. The number of carbonyl (C=O) groups is 1. The third kappa shape index (κ3) is 1.40. The van der Waals surface area contributed by atoms with E-state index in [2.05, 4.69) is 5.32 Å². The molecule has 4 heteroatoms. The highest BCUT2D eigenvalue weighted by atomic mass is 35.5. The van der Waals surface area contributed by atoms with Crippen molar-refractivity contribution in [3.8, 4) is 0 Å². The van der Waals surface area contributed by atoms with Crippen LogP contribution in [-0.2, 0) is 6.42 Å². The summed E-state index contributed by atoms with van der Waals surface area (Å²) in [6.07, 6.45) is 0.817. The largest absolute Gasteiger partial charge is 0.352 e. The van der Waals surface area contributed by atoms with Crippen LogP contribution in [0.1, 0.15) is 15.9 Å². The molecule has 0 aliphatic carbocycles. The number of benzene rings is 1. The monoisotopic (exact) mass is 215 g/mol. The Bertz CT molecular complexity index is 376. The number of amides is 1. The van der Waals surface area contributed by atoms with E-state index in [-0.39, 0.29) is 5.91 Å². The average Bonchev–Trinajstić information content (AvgIpc) is 2.12. The molecule has 1 aliphatic rings. The number of fused-ring (bicyclic) bond motifs is 1. The van der Waals surface area contributed by atoms with Crippen LogP contribution in [0.25, 0.3) is 0 Å². The van der Waals surface area contributed by atoms with Crippen molar-refractivity contribution < 1.29 is 4.79 Å². The molecular formula is C9H7Cl2NO. The first kappa shape index (κ1) is 8.85. The van der Waals surface area contributed by atoms with Crippen molar-refractivity contribution in [1.82, 2.24) is 5.32 Å². The second-order valence-corrected chi connectivity index (χ2v) is 3.69. The molecular weight excluding hydrogens is 209 g/mol. The van der Waals surface area contributed by atoms with Crippen LogP contribution in [0.5, 0.6) is 0 Å². The zero-order chi connectivity index (χ0) is 9.42. The van der Waals surface area contributed by atoms with E-state index in [9.17, 15) is 4.79 Å². The molecule has 0 saturated carbocycles. The van der Waals surface area contributed by atoms with Gasteiger partial charge in [-0.05, 0) is 18.1 Å². The van der Waals surface area contributed by atoms with Crippen LogP contribution in [0.15, 0.2) is 12.1 Å². The Hall–Kier alpha value is -0.730. The van der Waals surface area contributed by atoms with Crippen molar-refractivity contribution >= 4 is 29.1 Å². The molecule has 2 rings (SSSR count). The molecule has 0 aromatic heterocycles. The number of halogens is 2. The fourth-order valence-electron chi connectivity index (χ4n) is 1.44. The van der Waals surface area contributed by atoms with Crippen LogP contribution in [0.4, 0.5) is 0 Å². The van der Waals surface area contributed by atoms with Crippen molar-refractivity contribution in [2.75, 3.05) is 6.54 Å². The molecule has 0 radical (unpaired) electrons. The lowest BCUT2D eigenvalue weighted by molar-refractivity contribution is 0.0946. The summed E-state index contributed by atoms with van der Waals surface area (Å²) in [7, 11) is 0. The van der Waals surface area contributed by atoms with Crippen molar-refractivity contribution in [2.24, 2.45) is 0 Å². The normalized spacial score (nSPS) is 15.1. The summed E-state index contributed by atoms with van der Waals surface area (Å²) in [4.78, 5) is 11.4. The maximum Gasteiger partial charge on any atom is 0.253 e. The van der Waals surface area contributed by atoms with Gasteiger partial charge in [-0.1, -0.05) is 29.3 Å². The molecule has 0 unspecified atom stereocenters. The maximum atomic E-state index is 11.4. The quantitative estimate of drug-likeness (QED) is 0.708. The average molecular weight is 216 g/mol. The molecule has 1 N–H and O–H groups in total. The summed E-state index contributed by atoms with van der Waals surface area (Å²) in [5, 5.41) is 3.51. The van der Waals surface area contributed by atoms with Gasteiger partial charge in [-0.15, -0.1) is 0 Å². The predicted octanol–water partition coefficient (Wildman–Crippen LogP) is 2.28. The van der Waals surface area contributed by atoms with Gasteiger partial charge in [0.2, 0.25) is 0 Å². The number of hydrogen-bond donors (Lipinski definition) is 1. The van der Waals surface area contributed by atoms with Gasteiger partial charge in [-0.25, -0.2) is 0 Å². The summed E-state index contributed by atoms with van der Waals surface area (Å²) in [6.45, 7) is 0.670. The van der Waals surface area contributed by atoms with Gasteiger partial charge in [0.1, 0.15) is 0 Å². The Morgan fingerprint density at radius 1 is 1.31 bits per heavy atom. The van der Waals surface area contributed by atoms with Crippen LogP contribution in [-0.4, -0.2) is 12.5 Å². The van der Waals surface area contributed by atoms with Gasteiger partial charge in [-0.3, -0.25) is 4.79 Å². The number of nitrogens with one attached hydrogen (secondary N) is 1. The smallest absolute Gasteiger partial charge is 0.253 e. The van der Waals surface area contributed by atoms with Gasteiger partial charge < -0.3 is 5.32 Å². The number of hydrogen-bond acceptors (Lipinski definition) is 1. The Balaban J connectivity index is 2.65. The standard InChI is InChI=1S/C9H7Cl2NO/c10-6-2-1-5-3-4-12-9(13)7(5)8(6)11/h1-2H,3-4H2,(H,12,13). The van der Waals surface area contributed by atoms with E-state index in [1.54, 1.807) is 6.07 Å². The summed E-state index contributed by atoms with van der Waals surface area (Å²) < 4.78 is 0. The van der Waals surface area contributed by atoms with E-state index in [0.717, 1.165) is 12.0 Å². The second kappa shape index (κ2) is 3.20.